The van der Waals surface area contributed by atoms with Crippen LogP contribution in [0.5, 0.6) is 0 Å². The first-order chi connectivity index (χ1) is 10.6. The molecule has 0 atom stereocenters. The summed E-state index contributed by atoms with van der Waals surface area (Å²) in [5.41, 5.74) is 0.886. The zero-order chi connectivity index (χ0) is 15.9. The Morgan fingerprint density at radius 3 is 2.65 bits per heavy atom. The van der Waals surface area contributed by atoms with Crippen molar-refractivity contribution in [2.45, 2.75) is 32.4 Å². The van der Waals surface area contributed by atoms with Crippen LogP contribution in [0.1, 0.15) is 25.3 Å². The summed E-state index contributed by atoms with van der Waals surface area (Å²) in [6.45, 7) is 5.21. The van der Waals surface area contributed by atoms with Gasteiger partial charge < -0.3 is 15.0 Å². The maximum atomic E-state index is 13.4. The molecule has 4 nitrogen and oxygen atoms in total. The van der Waals surface area contributed by atoms with E-state index in [0.717, 1.165) is 48.5 Å². The fourth-order valence-corrected chi connectivity index (χ4v) is 3.21. The normalized spacial score (nSPS) is 16.2. The molecule has 0 aliphatic carbocycles. The minimum atomic E-state index is -0.237. The van der Waals surface area contributed by atoms with Crippen LogP contribution in [-0.4, -0.2) is 43.7 Å². The summed E-state index contributed by atoms with van der Waals surface area (Å²) >= 11 is 3.31. The molecule has 23 heavy (non-hydrogen) atoms. The van der Waals surface area contributed by atoms with Crippen molar-refractivity contribution >= 4 is 45.9 Å². The molecular formula is C16H24BrFIN3O. The van der Waals surface area contributed by atoms with Crippen molar-refractivity contribution in [3.8, 4) is 0 Å². The standard InChI is InChI=1S/C16H23BrFN3O.HI/c1-3-22-15-4-6-21(7-5-15)16(19-2)20-11-12-8-13(17)10-14(18)9-12;/h8-10,15H,3-7,11H2,1-2H3,(H,19,20);1H. The Labute approximate surface area is 163 Å². The number of halogens is 3. The maximum Gasteiger partial charge on any atom is 0.193 e. The third kappa shape index (κ3) is 6.54. The Balaban J connectivity index is 0.00000264. The minimum Gasteiger partial charge on any atom is -0.378 e. The fraction of sp³-hybridized carbons (Fsp3) is 0.562. The number of piperidine rings is 1. The predicted molar refractivity (Wildman–Crippen MR) is 106 cm³/mol. The first kappa shape index (κ1) is 20.6. The molecular weight excluding hydrogens is 476 g/mol. The third-order valence-electron chi connectivity index (χ3n) is 3.73. The van der Waals surface area contributed by atoms with E-state index < -0.39 is 0 Å². The van der Waals surface area contributed by atoms with E-state index in [-0.39, 0.29) is 29.8 Å². The highest BCUT2D eigenvalue weighted by molar-refractivity contribution is 14.0. The number of hydrogen-bond donors (Lipinski definition) is 1. The molecule has 0 spiro atoms. The molecule has 1 aromatic carbocycles. The van der Waals surface area contributed by atoms with Gasteiger partial charge >= 0.3 is 0 Å². The molecule has 1 fully saturated rings. The number of nitrogens with zero attached hydrogens (tertiary/aromatic N) is 2. The average molecular weight is 500 g/mol. The van der Waals surface area contributed by atoms with Crippen molar-refractivity contribution < 1.29 is 9.13 Å². The Kier molecular flexibility index (Phi) is 9.38. The Morgan fingerprint density at radius 1 is 1.39 bits per heavy atom. The summed E-state index contributed by atoms with van der Waals surface area (Å²) in [4.78, 5) is 6.55. The third-order valence-corrected chi connectivity index (χ3v) is 4.19. The number of likely N-dealkylation sites (tertiary alicyclic amines) is 1. The molecule has 130 valence electrons. The van der Waals surface area contributed by atoms with Gasteiger partial charge in [0.05, 0.1) is 6.10 Å². The smallest absolute Gasteiger partial charge is 0.193 e. The highest BCUT2D eigenvalue weighted by Gasteiger charge is 2.21. The van der Waals surface area contributed by atoms with Crippen LogP contribution in [0.15, 0.2) is 27.7 Å². The molecule has 0 bridgehead atoms. The highest BCUT2D eigenvalue weighted by Crippen LogP contribution is 2.16. The summed E-state index contributed by atoms with van der Waals surface area (Å²) in [6, 6.07) is 4.90. The molecule has 1 heterocycles. The molecule has 0 radical (unpaired) electrons. The molecule has 0 amide bonds. The van der Waals surface area contributed by atoms with Crippen LogP contribution < -0.4 is 5.32 Å². The topological polar surface area (TPSA) is 36.9 Å². The predicted octanol–water partition coefficient (Wildman–Crippen LogP) is 3.78. The number of guanidine groups is 1. The molecule has 1 saturated heterocycles. The Bertz CT molecular complexity index is 502. The molecule has 1 aliphatic heterocycles. The van der Waals surface area contributed by atoms with Crippen molar-refractivity contribution in [2.24, 2.45) is 4.99 Å². The molecule has 1 N–H and O–H groups in total. The lowest BCUT2D eigenvalue weighted by Gasteiger charge is -2.34. The monoisotopic (exact) mass is 499 g/mol. The minimum absolute atomic E-state index is 0. The van der Waals surface area contributed by atoms with Crippen LogP contribution in [-0.2, 0) is 11.3 Å². The van der Waals surface area contributed by atoms with E-state index >= 15 is 0 Å². The molecule has 1 aromatic rings. The second-order valence-electron chi connectivity index (χ2n) is 5.32. The van der Waals surface area contributed by atoms with Gasteiger partial charge in [-0.1, -0.05) is 15.9 Å². The van der Waals surface area contributed by atoms with Crippen LogP contribution in [0.2, 0.25) is 0 Å². The second-order valence-corrected chi connectivity index (χ2v) is 6.24. The molecule has 2 rings (SSSR count). The maximum absolute atomic E-state index is 13.4. The number of ether oxygens (including phenoxy) is 1. The summed E-state index contributed by atoms with van der Waals surface area (Å²) < 4.78 is 19.8. The lowest BCUT2D eigenvalue weighted by molar-refractivity contribution is 0.0263. The van der Waals surface area contributed by atoms with Crippen LogP contribution in [0, 0.1) is 5.82 Å². The largest absolute Gasteiger partial charge is 0.378 e. The van der Waals surface area contributed by atoms with Gasteiger partial charge in [0.1, 0.15) is 5.82 Å². The van der Waals surface area contributed by atoms with Gasteiger partial charge in [-0.3, -0.25) is 4.99 Å². The van der Waals surface area contributed by atoms with E-state index in [1.54, 1.807) is 7.05 Å². The zero-order valence-corrected chi connectivity index (χ0v) is 17.4. The van der Waals surface area contributed by atoms with Gasteiger partial charge in [-0.15, -0.1) is 24.0 Å². The SMILES string of the molecule is CCOC1CCN(C(=NC)NCc2cc(F)cc(Br)c2)CC1.I. The first-order valence-corrected chi connectivity index (χ1v) is 8.43. The first-order valence-electron chi connectivity index (χ1n) is 7.64. The summed E-state index contributed by atoms with van der Waals surface area (Å²) in [6.07, 6.45) is 2.39. The summed E-state index contributed by atoms with van der Waals surface area (Å²) in [5, 5.41) is 3.30. The van der Waals surface area contributed by atoms with Gasteiger partial charge in [-0.05, 0) is 43.5 Å². The van der Waals surface area contributed by atoms with Crippen LogP contribution in [0.25, 0.3) is 0 Å². The van der Waals surface area contributed by atoms with Crippen molar-refractivity contribution in [1.29, 1.82) is 0 Å². The average Bonchev–Trinajstić information content (AvgIpc) is 2.49. The van der Waals surface area contributed by atoms with E-state index in [1.165, 1.54) is 12.1 Å². The van der Waals surface area contributed by atoms with Gasteiger partial charge in [-0.2, -0.15) is 0 Å². The second kappa shape index (κ2) is 10.5. The van der Waals surface area contributed by atoms with Crippen LogP contribution >= 0.6 is 39.9 Å². The van der Waals surface area contributed by atoms with Gasteiger partial charge in [-0.25, -0.2) is 4.39 Å². The van der Waals surface area contributed by atoms with Crippen LogP contribution in [0.4, 0.5) is 4.39 Å². The molecule has 0 aromatic heterocycles. The van der Waals surface area contributed by atoms with Gasteiger partial charge in [0, 0.05) is 37.8 Å². The zero-order valence-electron chi connectivity index (χ0n) is 13.5. The molecule has 0 saturated carbocycles. The number of aliphatic imine (C=N–C) groups is 1. The quantitative estimate of drug-likeness (QED) is 0.389. The lowest BCUT2D eigenvalue weighted by Crippen LogP contribution is -2.46. The number of rotatable bonds is 4. The van der Waals surface area contributed by atoms with Crippen LogP contribution in [0.3, 0.4) is 0 Å². The Morgan fingerprint density at radius 2 is 2.09 bits per heavy atom. The molecule has 7 heteroatoms. The van der Waals surface area contributed by atoms with E-state index in [0.29, 0.717) is 12.6 Å². The fourth-order valence-electron chi connectivity index (χ4n) is 2.70. The molecule has 0 unspecified atom stereocenters. The van der Waals surface area contributed by atoms with Gasteiger partial charge in [0.2, 0.25) is 0 Å². The highest BCUT2D eigenvalue weighted by atomic mass is 127. The Hall–Kier alpha value is -0.410. The van der Waals surface area contributed by atoms with Gasteiger partial charge in [0.15, 0.2) is 5.96 Å². The van der Waals surface area contributed by atoms with Crippen molar-refractivity contribution in [1.82, 2.24) is 10.2 Å². The number of benzene rings is 1. The van der Waals surface area contributed by atoms with Crippen molar-refractivity contribution in [2.75, 3.05) is 26.7 Å². The summed E-state index contributed by atoms with van der Waals surface area (Å²) in [5.74, 6) is 0.619. The van der Waals surface area contributed by atoms with E-state index in [2.05, 4.69) is 31.1 Å². The van der Waals surface area contributed by atoms with E-state index in [1.807, 2.05) is 13.0 Å². The molecule has 1 aliphatic rings. The lowest BCUT2D eigenvalue weighted by atomic mass is 10.1. The number of nitrogens with one attached hydrogen (secondary N) is 1. The van der Waals surface area contributed by atoms with E-state index in [9.17, 15) is 4.39 Å². The number of hydrogen-bond acceptors (Lipinski definition) is 2. The van der Waals surface area contributed by atoms with E-state index in [4.69, 9.17) is 4.74 Å². The van der Waals surface area contributed by atoms with Gasteiger partial charge in [0.25, 0.3) is 0 Å². The summed E-state index contributed by atoms with van der Waals surface area (Å²) in [7, 11) is 1.78. The van der Waals surface area contributed by atoms with Crippen molar-refractivity contribution in [3.63, 3.8) is 0 Å². The van der Waals surface area contributed by atoms with Crippen molar-refractivity contribution in [3.05, 3.63) is 34.1 Å².